The van der Waals surface area contributed by atoms with Gasteiger partial charge in [0, 0.05) is 25.2 Å². The van der Waals surface area contributed by atoms with Gasteiger partial charge in [0.25, 0.3) is 0 Å². The van der Waals surface area contributed by atoms with Crippen LogP contribution in [0, 0.1) is 0 Å². The Morgan fingerprint density at radius 1 is 0.795 bits per heavy atom. The van der Waals surface area contributed by atoms with E-state index < -0.39 is 124 Å². The van der Waals surface area contributed by atoms with Gasteiger partial charge in [-0.25, -0.2) is 0 Å². The van der Waals surface area contributed by atoms with E-state index in [0.717, 1.165) is 0 Å². The lowest BCUT2D eigenvalue weighted by Crippen LogP contribution is -2.70. The number of aliphatic hydroxyl groups excluding tert-OH is 9. The van der Waals surface area contributed by atoms with Crippen LogP contribution in [0.1, 0.15) is 12.8 Å². The average Bonchev–Trinajstić information content (AvgIpc) is 3.00. The van der Waals surface area contributed by atoms with Crippen LogP contribution in [0.3, 0.4) is 0 Å². The molecular formula is C25H52N6O13. The Kier molecular flexibility index (Phi) is 14.9. The molecule has 44 heavy (non-hydrogen) atoms. The highest BCUT2D eigenvalue weighted by atomic mass is 16.7. The second-order valence-corrected chi connectivity index (χ2v) is 11.6. The molecule has 16 atom stereocenters. The third-order valence-electron chi connectivity index (χ3n) is 8.45. The first kappa shape index (κ1) is 37.7. The Morgan fingerprint density at radius 3 is 2.02 bits per heavy atom. The maximum absolute atomic E-state index is 11.6. The van der Waals surface area contributed by atoms with Crippen LogP contribution in [0.2, 0.25) is 0 Å². The Hall–Kier alpha value is -0.760. The molecule has 19 heteroatoms. The molecule has 3 aliphatic rings. The molecule has 19 nitrogen and oxygen atoms in total. The van der Waals surface area contributed by atoms with Crippen LogP contribution >= 0.6 is 0 Å². The topological polar surface area (TPSA) is 347 Å². The van der Waals surface area contributed by atoms with Crippen molar-refractivity contribution >= 4 is 0 Å². The molecule has 260 valence electrons. The van der Waals surface area contributed by atoms with E-state index in [1.807, 2.05) is 0 Å². The number of nitrogens with one attached hydrogen (secondary N) is 2. The SMILES string of the molecule is NCCC(O)CN[C@H]1[C@@H](OC2[C@@H](N)C[C@@H](NC(CO)CO)[C@H](O[C@H]3O[C@H](CO)[C@@H](O)[C@H](N)[C@H]3O)[C@H]2O)O[C@H](CN)[C@@H](O)[C@@H]1O. The Morgan fingerprint density at radius 2 is 1.43 bits per heavy atom. The van der Waals surface area contributed by atoms with Crippen molar-refractivity contribution in [3.8, 4) is 0 Å². The van der Waals surface area contributed by atoms with Gasteiger partial charge in [0.2, 0.25) is 0 Å². The van der Waals surface area contributed by atoms with Gasteiger partial charge in [-0.3, -0.25) is 0 Å². The van der Waals surface area contributed by atoms with Crippen LogP contribution in [0.4, 0.5) is 0 Å². The average molecular weight is 645 g/mol. The van der Waals surface area contributed by atoms with E-state index >= 15 is 0 Å². The minimum Gasteiger partial charge on any atom is -0.395 e. The molecule has 3 rings (SSSR count). The molecule has 1 saturated carbocycles. The first-order valence-corrected chi connectivity index (χ1v) is 14.9. The summed E-state index contributed by atoms with van der Waals surface area (Å²) in [6.45, 7) is -1.61. The van der Waals surface area contributed by atoms with E-state index in [2.05, 4.69) is 10.6 Å². The molecule has 0 amide bonds. The molecule has 3 fully saturated rings. The number of hydrogen-bond donors (Lipinski definition) is 15. The van der Waals surface area contributed by atoms with E-state index in [0.29, 0.717) is 0 Å². The highest BCUT2D eigenvalue weighted by Gasteiger charge is 2.52. The van der Waals surface area contributed by atoms with E-state index in [1.54, 1.807) is 0 Å². The van der Waals surface area contributed by atoms with Gasteiger partial charge < -0.3 is 98.5 Å². The van der Waals surface area contributed by atoms with Crippen LogP contribution < -0.4 is 33.6 Å². The molecule has 19 N–H and O–H groups in total. The summed E-state index contributed by atoms with van der Waals surface area (Å²) in [5.41, 5.74) is 23.6. The van der Waals surface area contributed by atoms with Crippen molar-refractivity contribution in [1.29, 1.82) is 0 Å². The van der Waals surface area contributed by atoms with E-state index in [-0.39, 0.29) is 32.5 Å². The molecule has 2 saturated heterocycles. The minimum absolute atomic E-state index is 0.0232. The largest absolute Gasteiger partial charge is 0.395 e. The summed E-state index contributed by atoms with van der Waals surface area (Å²) in [7, 11) is 0. The second-order valence-electron chi connectivity index (χ2n) is 11.6. The Labute approximate surface area is 255 Å². The molecule has 0 spiro atoms. The fraction of sp³-hybridized carbons (Fsp3) is 1.00. The molecule has 1 aliphatic carbocycles. The number of ether oxygens (including phenoxy) is 4. The molecule has 0 aromatic rings. The van der Waals surface area contributed by atoms with Crippen molar-refractivity contribution in [2.45, 2.75) is 117 Å². The zero-order chi connectivity index (χ0) is 32.7. The standard InChI is InChI=1S/C25H52N6O13/c26-2-1-10(35)5-30-16-20(39)18(37)13(4-27)41-24(16)43-22-11(28)3-12(31-9(6-32)7-33)23(21(22)40)44-25-19(38)15(29)17(36)14(8-34)42-25/h9-25,30-40H,1-8,26-29H2/t10?,11-,12+,13+,14+,15-,16+,17+,18+,19+,20+,21-,22?,23-,24+,25+/m0/s1. The summed E-state index contributed by atoms with van der Waals surface area (Å²) in [4.78, 5) is 0. The lowest BCUT2D eigenvalue weighted by atomic mass is 9.83. The maximum atomic E-state index is 11.6. The number of rotatable bonds is 15. The highest BCUT2D eigenvalue weighted by Crippen LogP contribution is 2.32. The van der Waals surface area contributed by atoms with Crippen molar-refractivity contribution in [2.75, 3.05) is 39.5 Å². The summed E-state index contributed by atoms with van der Waals surface area (Å²) >= 11 is 0. The fourth-order valence-electron chi connectivity index (χ4n) is 5.79. The third kappa shape index (κ3) is 8.77. The first-order chi connectivity index (χ1) is 20.9. The van der Waals surface area contributed by atoms with Crippen LogP contribution in [-0.4, -0.2) is 189 Å². The summed E-state index contributed by atoms with van der Waals surface area (Å²) in [5.74, 6) is 0. The lowest BCUT2D eigenvalue weighted by Gasteiger charge is -2.50. The van der Waals surface area contributed by atoms with Crippen molar-refractivity contribution in [2.24, 2.45) is 22.9 Å². The monoisotopic (exact) mass is 644 g/mol. The first-order valence-electron chi connectivity index (χ1n) is 14.9. The van der Waals surface area contributed by atoms with Crippen molar-refractivity contribution in [3.05, 3.63) is 0 Å². The quantitative estimate of drug-likeness (QED) is 0.0786. The molecule has 0 aromatic heterocycles. The van der Waals surface area contributed by atoms with Gasteiger partial charge in [-0.2, -0.15) is 0 Å². The molecule has 2 heterocycles. The summed E-state index contributed by atoms with van der Waals surface area (Å²) < 4.78 is 23.5. The lowest BCUT2D eigenvalue weighted by molar-refractivity contribution is -0.321. The fourth-order valence-corrected chi connectivity index (χ4v) is 5.79. The maximum Gasteiger partial charge on any atom is 0.186 e. The van der Waals surface area contributed by atoms with E-state index in [4.69, 9.17) is 41.9 Å². The van der Waals surface area contributed by atoms with Crippen LogP contribution in [0.25, 0.3) is 0 Å². The van der Waals surface area contributed by atoms with E-state index in [9.17, 15) is 46.0 Å². The minimum atomic E-state index is -1.60. The molecule has 2 aliphatic heterocycles. The highest BCUT2D eigenvalue weighted by molar-refractivity contribution is 5.03. The van der Waals surface area contributed by atoms with Crippen LogP contribution in [0.5, 0.6) is 0 Å². The summed E-state index contributed by atoms with van der Waals surface area (Å²) in [6, 6.07) is -5.01. The Bertz CT molecular complexity index is 837. The number of nitrogens with two attached hydrogens (primary N) is 4. The van der Waals surface area contributed by atoms with Crippen molar-refractivity contribution in [3.63, 3.8) is 0 Å². The van der Waals surface area contributed by atoms with Crippen molar-refractivity contribution < 1.29 is 64.9 Å². The molecule has 2 unspecified atom stereocenters. The van der Waals surface area contributed by atoms with Gasteiger partial charge in [-0.1, -0.05) is 0 Å². The zero-order valence-corrected chi connectivity index (χ0v) is 24.4. The zero-order valence-electron chi connectivity index (χ0n) is 24.4. The van der Waals surface area contributed by atoms with Crippen molar-refractivity contribution in [1.82, 2.24) is 10.6 Å². The predicted molar refractivity (Wildman–Crippen MR) is 150 cm³/mol. The Balaban J connectivity index is 1.87. The molecular weight excluding hydrogens is 592 g/mol. The number of aliphatic hydroxyl groups is 9. The van der Waals surface area contributed by atoms with Gasteiger partial charge in [-0.05, 0) is 19.4 Å². The summed E-state index contributed by atoms with van der Waals surface area (Å²) in [5, 5.41) is 98.9. The molecule has 0 aromatic carbocycles. The third-order valence-corrected chi connectivity index (χ3v) is 8.45. The van der Waals surface area contributed by atoms with Crippen LogP contribution in [0.15, 0.2) is 0 Å². The molecule has 0 radical (unpaired) electrons. The van der Waals surface area contributed by atoms with Gasteiger partial charge >= 0.3 is 0 Å². The predicted octanol–water partition coefficient (Wildman–Crippen LogP) is -9.00. The molecule has 0 bridgehead atoms. The normalized spacial score (nSPS) is 44.2. The smallest absolute Gasteiger partial charge is 0.186 e. The van der Waals surface area contributed by atoms with Gasteiger partial charge in [-0.15, -0.1) is 0 Å². The number of hydrogen-bond acceptors (Lipinski definition) is 19. The van der Waals surface area contributed by atoms with Gasteiger partial charge in [0.1, 0.15) is 54.9 Å². The van der Waals surface area contributed by atoms with E-state index in [1.165, 1.54) is 0 Å². The van der Waals surface area contributed by atoms with Gasteiger partial charge in [0.05, 0.1) is 44.1 Å². The van der Waals surface area contributed by atoms with Gasteiger partial charge in [0.15, 0.2) is 12.6 Å². The second kappa shape index (κ2) is 17.4. The van der Waals surface area contributed by atoms with Crippen LogP contribution in [-0.2, 0) is 18.9 Å². The summed E-state index contributed by atoms with van der Waals surface area (Å²) in [6.07, 6.45) is -15.8.